The molecule has 100 valence electrons. The Morgan fingerprint density at radius 1 is 1.37 bits per heavy atom. The zero-order valence-corrected chi connectivity index (χ0v) is 11.3. The van der Waals surface area contributed by atoms with Gasteiger partial charge in [0.2, 0.25) is 0 Å². The van der Waals surface area contributed by atoms with Crippen LogP contribution in [0.25, 0.3) is 11.3 Å². The highest BCUT2D eigenvalue weighted by Crippen LogP contribution is 2.23. The summed E-state index contributed by atoms with van der Waals surface area (Å²) in [6.07, 6.45) is 6.29. The van der Waals surface area contributed by atoms with Crippen molar-refractivity contribution in [1.29, 1.82) is 0 Å². The molecule has 0 unspecified atom stereocenters. The van der Waals surface area contributed by atoms with Gasteiger partial charge in [-0.15, -0.1) is 0 Å². The SMILES string of the molecule is O=S(=O)(O)CC[n+]1ccc(-c2ccncn2)c(Cl)c1. The lowest BCUT2D eigenvalue weighted by atomic mass is 10.2. The van der Waals surface area contributed by atoms with Crippen molar-refractivity contribution in [3.63, 3.8) is 0 Å². The summed E-state index contributed by atoms with van der Waals surface area (Å²) in [4.78, 5) is 7.90. The van der Waals surface area contributed by atoms with E-state index in [4.69, 9.17) is 16.2 Å². The maximum atomic E-state index is 10.7. The molecule has 0 spiro atoms. The molecule has 0 saturated carbocycles. The minimum absolute atomic E-state index is 0.128. The zero-order valence-electron chi connectivity index (χ0n) is 9.77. The molecule has 0 aliphatic rings. The predicted molar refractivity (Wildman–Crippen MR) is 69.1 cm³/mol. The number of aromatic nitrogens is 3. The van der Waals surface area contributed by atoms with Crippen LogP contribution >= 0.6 is 11.6 Å². The molecule has 0 amide bonds. The smallest absolute Gasteiger partial charge is 0.271 e. The molecule has 1 N–H and O–H groups in total. The first-order valence-electron chi connectivity index (χ1n) is 5.36. The molecule has 0 aliphatic heterocycles. The lowest BCUT2D eigenvalue weighted by Crippen LogP contribution is -2.36. The molecule has 0 aliphatic carbocycles. The zero-order chi connectivity index (χ0) is 13.9. The minimum atomic E-state index is -3.98. The Kier molecular flexibility index (Phi) is 4.08. The van der Waals surface area contributed by atoms with E-state index in [0.717, 1.165) is 5.56 Å². The number of pyridine rings is 1. The van der Waals surface area contributed by atoms with Crippen molar-refractivity contribution in [2.45, 2.75) is 6.54 Å². The molecule has 6 nitrogen and oxygen atoms in total. The fourth-order valence-electron chi connectivity index (χ4n) is 1.53. The summed E-state index contributed by atoms with van der Waals surface area (Å²) < 4.78 is 31.6. The molecule has 0 saturated heterocycles. The minimum Gasteiger partial charge on any atom is -0.285 e. The van der Waals surface area contributed by atoms with Gasteiger partial charge in [0, 0.05) is 17.8 Å². The van der Waals surface area contributed by atoms with Crippen LogP contribution < -0.4 is 4.57 Å². The van der Waals surface area contributed by atoms with Gasteiger partial charge in [0.15, 0.2) is 18.9 Å². The normalized spacial score (nSPS) is 11.5. The lowest BCUT2D eigenvalue weighted by Gasteiger charge is -2.02. The second-order valence-electron chi connectivity index (χ2n) is 3.82. The van der Waals surface area contributed by atoms with E-state index in [2.05, 4.69) is 9.97 Å². The Hall–Kier alpha value is -1.57. The van der Waals surface area contributed by atoms with Crippen LogP contribution in [-0.2, 0) is 16.7 Å². The Morgan fingerprint density at radius 2 is 2.16 bits per heavy atom. The average Bonchev–Trinajstić information content (AvgIpc) is 2.37. The maximum absolute atomic E-state index is 10.7. The Labute approximate surface area is 115 Å². The third-order valence-corrected chi connectivity index (χ3v) is 3.43. The van der Waals surface area contributed by atoms with Gasteiger partial charge in [0.05, 0.1) is 5.69 Å². The number of aryl methyl sites for hydroxylation is 1. The molecule has 0 radical (unpaired) electrons. The highest BCUT2D eigenvalue weighted by atomic mass is 35.5. The third-order valence-electron chi connectivity index (χ3n) is 2.43. The second-order valence-corrected chi connectivity index (χ2v) is 5.80. The van der Waals surface area contributed by atoms with E-state index in [1.165, 1.54) is 6.33 Å². The Balaban J connectivity index is 2.23. The number of halogens is 1. The van der Waals surface area contributed by atoms with Crippen molar-refractivity contribution in [3.05, 3.63) is 42.1 Å². The van der Waals surface area contributed by atoms with E-state index < -0.39 is 10.1 Å². The highest BCUT2D eigenvalue weighted by Gasteiger charge is 2.13. The van der Waals surface area contributed by atoms with Crippen LogP contribution in [0.5, 0.6) is 0 Å². The van der Waals surface area contributed by atoms with Crippen molar-refractivity contribution < 1.29 is 17.5 Å². The van der Waals surface area contributed by atoms with Crippen molar-refractivity contribution in [1.82, 2.24) is 9.97 Å². The van der Waals surface area contributed by atoms with Gasteiger partial charge in [-0.1, -0.05) is 11.6 Å². The van der Waals surface area contributed by atoms with Gasteiger partial charge in [-0.2, -0.15) is 8.42 Å². The molecule has 2 aromatic rings. The summed E-state index contributed by atoms with van der Waals surface area (Å²) in [6.45, 7) is 0.128. The lowest BCUT2D eigenvalue weighted by molar-refractivity contribution is -0.692. The molecule has 0 atom stereocenters. The summed E-state index contributed by atoms with van der Waals surface area (Å²) in [7, 11) is -3.98. The quantitative estimate of drug-likeness (QED) is 0.672. The van der Waals surface area contributed by atoms with Crippen molar-refractivity contribution in [2.24, 2.45) is 0 Å². The second kappa shape index (κ2) is 5.60. The van der Waals surface area contributed by atoms with Crippen LogP contribution in [-0.4, -0.2) is 28.7 Å². The number of hydrogen-bond acceptors (Lipinski definition) is 4. The van der Waals surface area contributed by atoms with Crippen LogP contribution in [0.3, 0.4) is 0 Å². The van der Waals surface area contributed by atoms with Crippen LogP contribution in [0.1, 0.15) is 0 Å². The molecular formula is C11H11ClN3O3S+. The van der Waals surface area contributed by atoms with E-state index in [9.17, 15) is 8.42 Å². The number of rotatable bonds is 4. The Bertz CT molecular complexity index is 677. The molecule has 2 heterocycles. The highest BCUT2D eigenvalue weighted by molar-refractivity contribution is 7.85. The van der Waals surface area contributed by atoms with E-state index in [1.807, 2.05) is 0 Å². The van der Waals surface area contributed by atoms with Crippen molar-refractivity contribution in [3.8, 4) is 11.3 Å². The van der Waals surface area contributed by atoms with E-state index in [0.29, 0.717) is 10.7 Å². The maximum Gasteiger partial charge on any atom is 0.271 e. The van der Waals surface area contributed by atoms with Crippen LogP contribution in [0.15, 0.2) is 37.1 Å². The third kappa shape index (κ3) is 3.95. The molecular weight excluding hydrogens is 290 g/mol. The summed E-state index contributed by atoms with van der Waals surface area (Å²) in [5.74, 6) is -0.360. The first-order valence-corrected chi connectivity index (χ1v) is 7.34. The van der Waals surface area contributed by atoms with Crippen molar-refractivity contribution in [2.75, 3.05) is 5.75 Å². The van der Waals surface area contributed by atoms with Gasteiger partial charge >= 0.3 is 0 Å². The van der Waals surface area contributed by atoms with E-state index in [-0.39, 0.29) is 12.3 Å². The van der Waals surface area contributed by atoms with E-state index in [1.54, 1.807) is 35.3 Å². The van der Waals surface area contributed by atoms with Gasteiger partial charge < -0.3 is 0 Å². The van der Waals surface area contributed by atoms with E-state index >= 15 is 0 Å². The monoisotopic (exact) mass is 300 g/mol. The molecule has 8 heteroatoms. The van der Waals surface area contributed by atoms with Gasteiger partial charge in [0.1, 0.15) is 17.1 Å². The van der Waals surface area contributed by atoms with Gasteiger partial charge in [0.25, 0.3) is 10.1 Å². The molecule has 2 rings (SSSR count). The largest absolute Gasteiger partial charge is 0.285 e. The molecule has 0 aromatic carbocycles. The fraction of sp³-hybridized carbons (Fsp3) is 0.182. The van der Waals surface area contributed by atoms with Gasteiger partial charge in [-0.05, 0) is 6.07 Å². The molecule has 19 heavy (non-hydrogen) atoms. The van der Waals surface area contributed by atoms with Crippen LogP contribution in [0.4, 0.5) is 0 Å². The summed E-state index contributed by atoms with van der Waals surface area (Å²) in [5.41, 5.74) is 1.41. The Morgan fingerprint density at radius 3 is 2.74 bits per heavy atom. The average molecular weight is 301 g/mol. The summed E-state index contributed by atoms with van der Waals surface area (Å²) in [5, 5.41) is 0.441. The summed E-state index contributed by atoms with van der Waals surface area (Å²) in [6, 6.07) is 3.46. The summed E-state index contributed by atoms with van der Waals surface area (Å²) >= 11 is 6.12. The fourth-order valence-corrected chi connectivity index (χ4v) is 2.25. The number of nitrogens with zero attached hydrogens (tertiary/aromatic N) is 3. The first-order chi connectivity index (χ1) is 8.96. The van der Waals surface area contributed by atoms with Crippen LogP contribution in [0.2, 0.25) is 5.02 Å². The van der Waals surface area contributed by atoms with Crippen LogP contribution in [0, 0.1) is 0 Å². The van der Waals surface area contributed by atoms with Crippen molar-refractivity contribution >= 4 is 21.7 Å². The molecule has 0 fully saturated rings. The molecule has 2 aromatic heterocycles. The first kappa shape index (κ1) is 13.9. The molecule has 0 bridgehead atoms. The standard InChI is InChI=1S/C11H10ClN3O3S/c12-10-7-15(5-6-19(16,17)18)4-2-9(10)11-1-3-13-8-14-11/h1-4,7-8H,5-6H2/p+1. The predicted octanol–water partition coefficient (Wildman–Crippen LogP) is 0.972. The topological polar surface area (TPSA) is 84.0 Å². The number of hydrogen-bond donors (Lipinski definition) is 1. The van der Waals surface area contributed by atoms with Gasteiger partial charge in [-0.25, -0.2) is 14.5 Å². The van der Waals surface area contributed by atoms with Gasteiger partial charge in [-0.3, -0.25) is 4.55 Å².